The van der Waals surface area contributed by atoms with Gasteiger partial charge in [-0.15, -0.1) is 0 Å². The average molecular weight is 325 g/mol. The monoisotopic (exact) mass is 325 g/mol. The van der Waals surface area contributed by atoms with Crippen molar-refractivity contribution in [2.24, 2.45) is 11.8 Å². The molecule has 2 aliphatic heterocycles. The second-order valence-corrected chi connectivity index (χ2v) is 6.21. The van der Waals surface area contributed by atoms with Crippen LogP contribution in [0.25, 0.3) is 0 Å². The Hall–Kier alpha value is -2.48. The van der Waals surface area contributed by atoms with E-state index in [9.17, 15) is 22.7 Å². The summed E-state index contributed by atoms with van der Waals surface area (Å²) in [5.74, 6) is 1.76. The first-order chi connectivity index (χ1) is 10.2. The first-order valence-corrected chi connectivity index (χ1v) is 7.30. The van der Waals surface area contributed by atoms with E-state index in [1.165, 1.54) is 0 Å². The van der Waals surface area contributed by atoms with Gasteiger partial charge in [-0.3, -0.25) is 4.79 Å². The van der Waals surface area contributed by atoms with Gasteiger partial charge < -0.3 is 9.29 Å². The molecule has 0 fully saturated rings. The van der Waals surface area contributed by atoms with Crippen LogP contribution in [0, 0.1) is 23.1 Å². The molecule has 0 saturated heterocycles. The van der Waals surface area contributed by atoms with E-state index >= 15 is 0 Å². The predicted octanol–water partition coefficient (Wildman–Crippen LogP) is -0.567. The maximum atomic E-state index is 13.3. The minimum absolute atomic E-state index is 0.220. The zero-order chi connectivity index (χ0) is 16.3. The Morgan fingerprint density at radius 1 is 1.50 bits per heavy atom. The molecule has 0 saturated carbocycles. The number of nitrogens with zero attached hydrogens (tertiary/aromatic N) is 2. The number of benzene rings is 1. The Balaban J connectivity index is 2.38. The molecule has 10 heteroatoms. The number of nitrogens with two attached hydrogens (primary N) is 1. The van der Waals surface area contributed by atoms with E-state index in [4.69, 9.17) is 15.3 Å². The average Bonchev–Trinajstić information content (AvgIpc) is 2.43. The van der Waals surface area contributed by atoms with Crippen LogP contribution < -0.4 is 10.0 Å². The quantitative estimate of drug-likeness (QED) is 0.371. The molecule has 1 aromatic rings. The lowest BCUT2D eigenvalue weighted by Gasteiger charge is -2.43. The Morgan fingerprint density at radius 2 is 2.18 bits per heavy atom. The van der Waals surface area contributed by atoms with Gasteiger partial charge in [0.2, 0.25) is 5.72 Å². The van der Waals surface area contributed by atoms with Crippen molar-refractivity contribution in [3.8, 4) is 11.8 Å². The molecule has 22 heavy (non-hydrogen) atoms. The zero-order valence-corrected chi connectivity index (χ0v) is 11.5. The van der Waals surface area contributed by atoms with Crippen molar-refractivity contribution in [2.75, 3.05) is 0 Å². The van der Waals surface area contributed by atoms with Gasteiger partial charge in [0, 0.05) is 6.07 Å². The van der Waals surface area contributed by atoms with Gasteiger partial charge in [-0.05, 0) is 18.2 Å². The molecule has 2 unspecified atom stereocenters. The molecule has 3 N–H and O–H groups in total. The molecule has 0 aliphatic carbocycles. The normalized spacial score (nSPS) is 28.8. The molecular weight excluding hydrogens is 317 g/mol. The van der Waals surface area contributed by atoms with Crippen LogP contribution in [0.4, 0.5) is 4.39 Å². The fourth-order valence-corrected chi connectivity index (χ4v) is 3.72. The highest BCUT2D eigenvalue weighted by atomic mass is 32.2. The molecule has 1 amide bonds. The Morgan fingerprint density at radius 3 is 2.82 bits per heavy atom. The molecule has 1 aromatic carbocycles. The number of halogens is 1. The van der Waals surface area contributed by atoms with Gasteiger partial charge in [0.1, 0.15) is 16.6 Å². The topological polar surface area (TPSA) is 134 Å². The Labute approximate surface area is 123 Å². The molecule has 3 rings (SSSR count). The second-order valence-electron chi connectivity index (χ2n) is 4.70. The summed E-state index contributed by atoms with van der Waals surface area (Å²) in [7, 11) is -4.55. The number of hydrogen-bond donors (Lipinski definition) is 2. The molecule has 2 atom stereocenters. The van der Waals surface area contributed by atoms with Crippen molar-refractivity contribution in [3.05, 3.63) is 40.6 Å². The number of hydrazine groups is 1. The fourth-order valence-electron chi connectivity index (χ4n) is 2.40. The first kappa shape index (κ1) is 14.5. The van der Waals surface area contributed by atoms with Crippen molar-refractivity contribution >= 4 is 16.0 Å². The first-order valence-electron chi connectivity index (χ1n) is 5.89. The van der Waals surface area contributed by atoms with E-state index in [2.05, 4.69) is 0 Å². The third-order valence-corrected chi connectivity index (χ3v) is 4.80. The molecule has 0 spiro atoms. The van der Waals surface area contributed by atoms with Crippen LogP contribution in [0.2, 0.25) is 0 Å². The van der Waals surface area contributed by atoms with E-state index in [1.54, 1.807) is 6.07 Å². The number of amides is 1. The summed E-state index contributed by atoms with van der Waals surface area (Å²) in [6.07, 6.45) is 0.771. The number of aliphatic hydroxyl groups is 1. The van der Waals surface area contributed by atoms with Gasteiger partial charge >= 0.3 is 10.1 Å². The van der Waals surface area contributed by atoms with E-state index in [0.29, 0.717) is 0 Å². The maximum Gasteiger partial charge on any atom is 0.340 e. The third kappa shape index (κ3) is 1.67. The SMILES string of the molecule is N#CC1C=C2C(O)(c3ccc(F)cc3OS2(=O)=O)N(N)C1=O. The summed E-state index contributed by atoms with van der Waals surface area (Å²) >= 11 is 0. The molecule has 8 nitrogen and oxygen atoms in total. The van der Waals surface area contributed by atoms with E-state index in [0.717, 1.165) is 24.3 Å². The summed E-state index contributed by atoms with van der Waals surface area (Å²) in [5.41, 5.74) is -2.79. The van der Waals surface area contributed by atoms with Gasteiger partial charge in [-0.1, -0.05) is 0 Å². The second kappa shape index (κ2) is 4.26. The van der Waals surface area contributed by atoms with Crippen LogP contribution in [-0.2, 0) is 20.6 Å². The third-order valence-electron chi connectivity index (χ3n) is 3.44. The summed E-state index contributed by atoms with van der Waals surface area (Å²) in [6, 6.07) is 4.31. The highest BCUT2D eigenvalue weighted by Gasteiger charge is 2.57. The summed E-state index contributed by atoms with van der Waals surface area (Å²) in [5, 5.41) is 19.9. The molecule has 2 heterocycles. The van der Waals surface area contributed by atoms with Gasteiger partial charge in [-0.25, -0.2) is 15.2 Å². The van der Waals surface area contributed by atoms with E-state index < -0.39 is 44.1 Å². The van der Waals surface area contributed by atoms with E-state index in [1.807, 2.05) is 0 Å². The molecule has 0 radical (unpaired) electrons. The number of carbonyl (C=O) groups excluding carboxylic acids is 1. The van der Waals surface area contributed by atoms with Crippen LogP contribution in [0.3, 0.4) is 0 Å². The minimum Gasteiger partial charge on any atom is -0.378 e. The summed E-state index contributed by atoms with van der Waals surface area (Å²) in [6.45, 7) is 0. The number of carbonyl (C=O) groups is 1. The van der Waals surface area contributed by atoms with Gasteiger partial charge in [0.05, 0.1) is 11.6 Å². The molecule has 114 valence electrons. The standard InChI is InChI=1S/C12H8FN3O5S/c13-7-1-2-8-9(4-7)21-22(19,20)10-3-6(5-14)11(17)16(15)12(8,10)18/h1-4,6,18H,15H2. The minimum atomic E-state index is -4.55. The van der Waals surface area contributed by atoms with Crippen LogP contribution >= 0.6 is 0 Å². The largest absolute Gasteiger partial charge is 0.378 e. The number of nitriles is 1. The van der Waals surface area contributed by atoms with Crippen molar-refractivity contribution in [3.63, 3.8) is 0 Å². The fraction of sp³-hybridized carbons (Fsp3) is 0.167. The van der Waals surface area contributed by atoms with Crippen molar-refractivity contribution < 1.29 is 26.9 Å². The van der Waals surface area contributed by atoms with Crippen LogP contribution in [-0.4, -0.2) is 24.4 Å². The molecular formula is C12H8FN3O5S. The molecule has 0 aromatic heterocycles. The van der Waals surface area contributed by atoms with Crippen LogP contribution in [0.1, 0.15) is 5.56 Å². The Bertz CT molecular complexity index is 875. The number of rotatable bonds is 0. The van der Waals surface area contributed by atoms with Gasteiger partial charge in [0.25, 0.3) is 5.91 Å². The smallest absolute Gasteiger partial charge is 0.340 e. The van der Waals surface area contributed by atoms with Crippen molar-refractivity contribution in [1.29, 1.82) is 5.26 Å². The lowest BCUT2D eigenvalue weighted by atomic mass is 9.92. The van der Waals surface area contributed by atoms with Gasteiger partial charge in [-0.2, -0.15) is 13.7 Å². The summed E-state index contributed by atoms with van der Waals surface area (Å²) < 4.78 is 42.2. The van der Waals surface area contributed by atoms with Crippen LogP contribution in [0.15, 0.2) is 29.2 Å². The number of hydrogen-bond acceptors (Lipinski definition) is 7. The summed E-state index contributed by atoms with van der Waals surface area (Å²) in [4.78, 5) is 11.2. The maximum absolute atomic E-state index is 13.3. The Kier molecular flexibility index (Phi) is 2.80. The van der Waals surface area contributed by atoms with Gasteiger partial charge in [0.15, 0.2) is 5.75 Å². The number of fused-ring (bicyclic) bond motifs is 3. The van der Waals surface area contributed by atoms with Crippen molar-refractivity contribution in [2.45, 2.75) is 5.72 Å². The van der Waals surface area contributed by atoms with Crippen LogP contribution in [0.5, 0.6) is 5.75 Å². The lowest BCUT2D eigenvalue weighted by Crippen LogP contribution is -2.61. The highest BCUT2D eigenvalue weighted by molar-refractivity contribution is 7.91. The van der Waals surface area contributed by atoms with Crippen molar-refractivity contribution in [1.82, 2.24) is 5.01 Å². The zero-order valence-electron chi connectivity index (χ0n) is 10.7. The highest BCUT2D eigenvalue weighted by Crippen LogP contribution is 2.47. The predicted molar refractivity (Wildman–Crippen MR) is 68.1 cm³/mol. The molecule has 2 aliphatic rings. The van der Waals surface area contributed by atoms with E-state index in [-0.39, 0.29) is 10.6 Å². The molecule has 0 bridgehead atoms. The lowest BCUT2D eigenvalue weighted by molar-refractivity contribution is -0.159.